The molecule has 5 nitrogen and oxygen atoms in total. The summed E-state index contributed by atoms with van der Waals surface area (Å²) in [4.78, 5) is 30.1. The third-order valence-electron chi connectivity index (χ3n) is 5.50. The molecule has 5 rings (SSSR count). The van der Waals surface area contributed by atoms with Crippen molar-refractivity contribution in [1.82, 2.24) is 9.55 Å². The molecule has 2 aromatic rings. The molecule has 0 radical (unpaired) electrons. The SMILES string of the molecule is O=Cc1c(Cl)ccnc1N1CCn2c(cc3c2C2CC[C@H]32)C1=O. The number of hydrogen-bond acceptors (Lipinski definition) is 3. The van der Waals surface area contributed by atoms with Crippen molar-refractivity contribution in [3.63, 3.8) is 0 Å². The minimum atomic E-state index is -0.0945. The molecule has 0 N–H and O–H groups in total. The van der Waals surface area contributed by atoms with Gasteiger partial charge >= 0.3 is 0 Å². The first-order valence-corrected chi connectivity index (χ1v) is 8.23. The fraction of sp³-hybridized carbons (Fsp3) is 0.353. The summed E-state index contributed by atoms with van der Waals surface area (Å²) in [5.74, 6) is 1.59. The Labute approximate surface area is 137 Å². The number of rotatable bonds is 2. The van der Waals surface area contributed by atoms with Gasteiger partial charge in [-0.25, -0.2) is 4.98 Å². The van der Waals surface area contributed by atoms with Crippen molar-refractivity contribution in [2.45, 2.75) is 31.2 Å². The van der Waals surface area contributed by atoms with E-state index < -0.39 is 0 Å². The lowest BCUT2D eigenvalue weighted by Gasteiger charge is -2.47. The summed E-state index contributed by atoms with van der Waals surface area (Å²) in [6.45, 7) is 1.25. The second-order valence-corrected chi connectivity index (χ2v) is 6.82. The largest absolute Gasteiger partial charge is 0.338 e. The zero-order chi connectivity index (χ0) is 15.7. The van der Waals surface area contributed by atoms with E-state index in [9.17, 15) is 9.59 Å². The molecule has 0 spiro atoms. The summed E-state index contributed by atoms with van der Waals surface area (Å²) >= 11 is 6.07. The van der Waals surface area contributed by atoms with Crippen LogP contribution in [0.4, 0.5) is 5.82 Å². The maximum absolute atomic E-state index is 12.9. The van der Waals surface area contributed by atoms with Gasteiger partial charge in [0.05, 0.1) is 10.6 Å². The zero-order valence-corrected chi connectivity index (χ0v) is 13.1. The monoisotopic (exact) mass is 327 g/mol. The van der Waals surface area contributed by atoms with Crippen LogP contribution in [-0.2, 0) is 6.54 Å². The number of nitrogens with zero attached hydrogens (tertiary/aromatic N) is 3. The van der Waals surface area contributed by atoms with Crippen LogP contribution in [0.25, 0.3) is 0 Å². The summed E-state index contributed by atoms with van der Waals surface area (Å²) in [6.07, 6.45) is 4.68. The van der Waals surface area contributed by atoms with E-state index in [4.69, 9.17) is 11.6 Å². The predicted octanol–water partition coefficient (Wildman–Crippen LogP) is 2.98. The van der Waals surface area contributed by atoms with E-state index in [0.29, 0.717) is 41.2 Å². The third kappa shape index (κ3) is 1.55. The molecule has 1 unspecified atom stereocenters. The van der Waals surface area contributed by atoms with Crippen LogP contribution in [0.5, 0.6) is 0 Å². The number of hydrogen-bond donors (Lipinski definition) is 0. The van der Waals surface area contributed by atoms with Gasteiger partial charge in [0, 0.05) is 30.9 Å². The number of aromatic nitrogens is 2. The number of pyridine rings is 1. The average Bonchev–Trinajstić information content (AvgIpc) is 2.83. The number of carbonyl (C=O) groups excluding carboxylic acids is 2. The van der Waals surface area contributed by atoms with Crippen molar-refractivity contribution < 1.29 is 9.59 Å². The van der Waals surface area contributed by atoms with E-state index in [2.05, 4.69) is 9.55 Å². The van der Waals surface area contributed by atoms with E-state index in [1.54, 1.807) is 11.0 Å². The second-order valence-electron chi connectivity index (χ2n) is 6.42. The van der Waals surface area contributed by atoms with Gasteiger partial charge in [-0.1, -0.05) is 11.6 Å². The first-order chi connectivity index (χ1) is 11.2. The minimum Gasteiger partial charge on any atom is -0.338 e. The highest BCUT2D eigenvalue weighted by atomic mass is 35.5. The highest BCUT2D eigenvalue weighted by Gasteiger charge is 2.49. The number of aldehydes is 1. The van der Waals surface area contributed by atoms with Crippen molar-refractivity contribution in [3.8, 4) is 0 Å². The second kappa shape index (κ2) is 4.45. The van der Waals surface area contributed by atoms with Crippen molar-refractivity contribution >= 4 is 29.6 Å². The first-order valence-electron chi connectivity index (χ1n) is 7.85. The Morgan fingerprint density at radius 3 is 2.83 bits per heavy atom. The molecule has 0 saturated heterocycles. The fourth-order valence-electron chi connectivity index (χ4n) is 4.22. The minimum absolute atomic E-state index is 0.0945. The lowest BCUT2D eigenvalue weighted by atomic mass is 9.59. The number of carbonyl (C=O) groups is 2. The van der Waals surface area contributed by atoms with E-state index in [-0.39, 0.29) is 11.5 Å². The molecule has 3 heterocycles. The Morgan fingerprint density at radius 1 is 1.26 bits per heavy atom. The number of fused-ring (bicyclic) bond motifs is 6. The summed E-state index contributed by atoms with van der Waals surface area (Å²) in [5.41, 5.74) is 3.70. The van der Waals surface area contributed by atoms with Crippen molar-refractivity contribution in [1.29, 1.82) is 0 Å². The maximum Gasteiger partial charge on any atom is 0.276 e. The Hall–Kier alpha value is -2.14. The van der Waals surface area contributed by atoms with Crippen LogP contribution in [0.3, 0.4) is 0 Å². The molecule has 23 heavy (non-hydrogen) atoms. The quantitative estimate of drug-likeness (QED) is 0.797. The molecular formula is C17H14ClN3O2. The lowest BCUT2D eigenvalue weighted by Crippen LogP contribution is -2.43. The van der Waals surface area contributed by atoms with Crippen molar-refractivity contribution in [2.24, 2.45) is 0 Å². The summed E-state index contributed by atoms with van der Waals surface area (Å²) in [6, 6.07) is 3.60. The molecule has 2 atom stereocenters. The normalized spacial score (nSPS) is 24.2. The maximum atomic E-state index is 12.9. The molecule has 0 aromatic carbocycles. The van der Waals surface area contributed by atoms with Crippen LogP contribution in [0.15, 0.2) is 18.3 Å². The Morgan fingerprint density at radius 2 is 2.09 bits per heavy atom. The van der Waals surface area contributed by atoms with E-state index >= 15 is 0 Å². The van der Waals surface area contributed by atoms with E-state index in [0.717, 1.165) is 6.54 Å². The molecule has 1 aliphatic heterocycles. The third-order valence-corrected chi connectivity index (χ3v) is 5.83. The van der Waals surface area contributed by atoms with Gasteiger partial charge in [0.15, 0.2) is 6.29 Å². The Kier molecular flexibility index (Phi) is 2.57. The summed E-state index contributed by atoms with van der Waals surface area (Å²) < 4.78 is 2.17. The van der Waals surface area contributed by atoms with Crippen molar-refractivity contribution in [2.75, 3.05) is 11.4 Å². The van der Waals surface area contributed by atoms with E-state index in [1.807, 2.05) is 6.07 Å². The molecule has 3 aliphatic rings. The van der Waals surface area contributed by atoms with Gasteiger partial charge in [0.25, 0.3) is 5.91 Å². The lowest BCUT2D eigenvalue weighted by molar-refractivity contribution is 0.0962. The van der Waals surface area contributed by atoms with Gasteiger partial charge in [-0.15, -0.1) is 0 Å². The topological polar surface area (TPSA) is 55.2 Å². The number of anilines is 1. The molecule has 1 amide bonds. The first kappa shape index (κ1) is 13.3. The molecule has 2 aromatic heterocycles. The molecular weight excluding hydrogens is 314 g/mol. The van der Waals surface area contributed by atoms with Crippen LogP contribution >= 0.6 is 11.6 Å². The van der Waals surface area contributed by atoms with Crippen molar-refractivity contribution in [3.05, 3.63) is 45.9 Å². The van der Waals surface area contributed by atoms with Gasteiger partial charge in [0.2, 0.25) is 0 Å². The smallest absolute Gasteiger partial charge is 0.276 e. The molecule has 0 bridgehead atoms. The number of amides is 1. The molecule has 116 valence electrons. The highest BCUT2D eigenvalue weighted by Crippen LogP contribution is 2.60. The van der Waals surface area contributed by atoms with Gasteiger partial charge in [-0.3, -0.25) is 14.5 Å². The standard InChI is InChI=1S/C17H14ClN3O2/c18-13-3-4-19-16(12(13)8-22)21-6-5-20-14(17(21)23)7-11-9-1-2-10(9)15(11)20/h3-4,7-10H,1-2,5-6H2/t9-,10?/m0/s1. The zero-order valence-electron chi connectivity index (χ0n) is 12.3. The predicted molar refractivity (Wildman–Crippen MR) is 85.5 cm³/mol. The van der Waals surface area contributed by atoms with E-state index in [1.165, 1.54) is 30.3 Å². The van der Waals surface area contributed by atoms with Gasteiger partial charge in [-0.05, 0) is 36.5 Å². The van der Waals surface area contributed by atoms with Gasteiger partial charge in [-0.2, -0.15) is 0 Å². The van der Waals surface area contributed by atoms with Crippen LogP contribution in [0, 0.1) is 0 Å². The molecule has 2 aliphatic carbocycles. The highest BCUT2D eigenvalue weighted by molar-refractivity contribution is 6.33. The van der Waals surface area contributed by atoms with Crippen LogP contribution in [0.1, 0.15) is 56.8 Å². The van der Waals surface area contributed by atoms with Crippen LogP contribution in [-0.4, -0.2) is 28.3 Å². The van der Waals surface area contributed by atoms with Crippen LogP contribution in [0.2, 0.25) is 5.02 Å². The molecule has 1 saturated carbocycles. The molecule has 1 fully saturated rings. The fourth-order valence-corrected chi connectivity index (χ4v) is 4.41. The van der Waals surface area contributed by atoms with Gasteiger partial charge < -0.3 is 4.57 Å². The molecule has 6 heteroatoms. The van der Waals surface area contributed by atoms with Gasteiger partial charge in [0.1, 0.15) is 11.5 Å². The Balaban J connectivity index is 1.59. The number of halogens is 1. The average molecular weight is 328 g/mol. The summed E-state index contributed by atoms with van der Waals surface area (Å²) in [7, 11) is 0. The summed E-state index contributed by atoms with van der Waals surface area (Å²) in [5, 5.41) is 0.322. The Bertz CT molecular complexity index is 873. The van der Waals surface area contributed by atoms with Crippen LogP contribution < -0.4 is 4.90 Å².